The maximum atomic E-state index is 13.0. The van der Waals surface area contributed by atoms with Gasteiger partial charge in [0.15, 0.2) is 11.6 Å². The lowest BCUT2D eigenvalue weighted by atomic mass is 9.88. The van der Waals surface area contributed by atoms with Crippen LogP contribution in [0, 0.1) is 0 Å². The zero-order valence-electron chi connectivity index (χ0n) is 16.3. The average Bonchev–Trinajstić information content (AvgIpc) is 3.04. The number of hydrogen-bond acceptors (Lipinski definition) is 4. The first kappa shape index (κ1) is 18.4. The number of Topliss-reactive ketones (excluding diaryl/α,β-unsaturated/α-hetero) is 1. The molecule has 28 heavy (non-hydrogen) atoms. The molecule has 0 spiro atoms. The van der Waals surface area contributed by atoms with Crippen molar-refractivity contribution in [2.24, 2.45) is 0 Å². The summed E-state index contributed by atoms with van der Waals surface area (Å²) >= 11 is 0. The molecule has 3 aromatic rings. The molecular formula is C23H25N3O2. The topological polar surface area (TPSA) is 68.3 Å². The van der Waals surface area contributed by atoms with E-state index in [9.17, 15) is 9.59 Å². The Kier molecular flexibility index (Phi) is 4.77. The Bertz CT molecular complexity index is 1040. The number of carbonyl (C=O) groups is 2. The number of likely N-dealkylation sites (tertiary alicyclic amines) is 1. The van der Waals surface area contributed by atoms with Gasteiger partial charge in [0.25, 0.3) is 0 Å². The largest absolute Gasteiger partial charge is 0.339 e. The monoisotopic (exact) mass is 375 g/mol. The molecule has 0 unspecified atom stereocenters. The van der Waals surface area contributed by atoms with E-state index in [1.807, 2.05) is 24.4 Å². The van der Waals surface area contributed by atoms with Crippen molar-refractivity contribution >= 4 is 22.5 Å². The van der Waals surface area contributed by atoms with E-state index in [0.29, 0.717) is 22.6 Å². The number of fused-ring (bicyclic) bond motifs is 1. The number of aromatic nitrogens is 1. The molecule has 1 fully saturated rings. The number of nitrogen functional groups attached to an aromatic ring is 1. The summed E-state index contributed by atoms with van der Waals surface area (Å²) in [5.41, 5.74) is 4.00. The number of nitrogens with two attached hydrogens (primary N) is 1. The van der Waals surface area contributed by atoms with Crippen LogP contribution in [0.15, 0.2) is 48.7 Å². The fourth-order valence-electron chi connectivity index (χ4n) is 4.09. The van der Waals surface area contributed by atoms with Crippen molar-refractivity contribution in [3.8, 4) is 0 Å². The van der Waals surface area contributed by atoms with Crippen molar-refractivity contribution in [1.82, 2.24) is 9.58 Å². The van der Waals surface area contributed by atoms with E-state index < -0.39 is 0 Å². The minimum absolute atomic E-state index is 0.00697. The summed E-state index contributed by atoms with van der Waals surface area (Å²) in [6.45, 7) is 3.67. The van der Waals surface area contributed by atoms with Gasteiger partial charge in [-0.25, -0.2) is 0 Å². The van der Waals surface area contributed by atoms with Crippen LogP contribution in [0.4, 0.5) is 0 Å². The van der Waals surface area contributed by atoms with Crippen molar-refractivity contribution in [3.05, 3.63) is 70.9 Å². The van der Waals surface area contributed by atoms with E-state index in [4.69, 9.17) is 5.84 Å². The average molecular weight is 375 g/mol. The minimum Gasteiger partial charge on any atom is -0.339 e. The molecular weight excluding hydrogens is 350 g/mol. The van der Waals surface area contributed by atoms with Crippen LogP contribution in [0.1, 0.15) is 57.5 Å². The molecule has 1 aromatic heterocycles. The van der Waals surface area contributed by atoms with E-state index in [-0.39, 0.29) is 11.6 Å². The molecule has 0 aliphatic carbocycles. The van der Waals surface area contributed by atoms with Gasteiger partial charge in [-0.05, 0) is 69.6 Å². The molecule has 0 saturated carbocycles. The first-order valence-electron chi connectivity index (χ1n) is 9.68. The maximum absolute atomic E-state index is 13.0. The van der Waals surface area contributed by atoms with Crippen molar-refractivity contribution in [3.63, 3.8) is 0 Å². The van der Waals surface area contributed by atoms with E-state index >= 15 is 0 Å². The number of rotatable bonds is 4. The molecule has 144 valence electrons. The molecule has 0 amide bonds. The van der Waals surface area contributed by atoms with Crippen LogP contribution in [0.2, 0.25) is 0 Å². The van der Waals surface area contributed by atoms with Crippen LogP contribution in [-0.4, -0.2) is 41.3 Å². The Morgan fingerprint density at radius 2 is 1.57 bits per heavy atom. The third kappa shape index (κ3) is 3.34. The highest BCUT2D eigenvalue weighted by Crippen LogP contribution is 2.34. The fraction of sp³-hybridized carbons (Fsp3) is 0.304. The second-order valence-electron chi connectivity index (χ2n) is 7.76. The molecule has 4 rings (SSSR count). The molecule has 0 atom stereocenters. The highest BCUT2D eigenvalue weighted by atomic mass is 16.1. The first-order valence-corrected chi connectivity index (χ1v) is 9.68. The molecule has 0 bridgehead atoms. The quantitative estimate of drug-likeness (QED) is 0.559. The van der Waals surface area contributed by atoms with Gasteiger partial charge in [-0.15, -0.1) is 0 Å². The molecule has 2 aromatic carbocycles. The zero-order chi connectivity index (χ0) is 19.8. The van der Waals surface area contributed by atoms with Gasteiger partial charge in [-0.1, -0.05) is 24.3 Å². The van der Waals surface area contributed by atoms with Gasteiger partial charge in [0.2, 0.25) is 0 Å². The maximum Gasteiger partial charge on any atom is 0.193 e. The minimum atomic E-state index is -0.0453. The van der Waals surface area contributed by atoms with Crippen LogP contribution in [0.5, 0.6) is 0 Å². The van der Waals surface area contributed by atoms with E-state index in [1.54, 1.807) is 28.9 Å². The number of ketones is 2. The summed E-state index contributed by atoms with van der Waals surface area (Å²) < 4.78 is 1.67. The molecule has 2 heterocycles. The lowest BCUT2D eigenvalue weighted by Crippen LogP contribution is -2.29. The molecule has 5 heteroatoms. The second kappa shape index (κ2) is 7.24. The fourth-order valence-corrected chi connectivity index (χ4v) is 4.09. The van der Waals surface area contributed by atoms with Crippen LogP contribution < -0.4 is 5.84 Å². The normalized spacial score (nSPS) is 15.8. The van der Waals surface area contributed by atoms with Gasteiger partial charge in [0.05, 0.1) is 5.52 Å². The number of hydrogen-bond donors (Lipinski definition) is 1. The van der Waals surface area contributed by atoms with E-state index in [2.05, 4.69) is 11.9 Å². The van der Waals surface area contributed by atoms with Crippen molar-refractivity contribution < 1.29 is 9.59 Å². The molecule has 1 aliphatic rings. The summed E-state index contributed by atoms with van der Waals surface area (Å²) in [7, 11) is 2.15. The number of benzene rings is 2. The number of nitrogens with zero attached hydrogens (tertiary/aromatic N) is 2. The Morgan fingerprint density at radius 3 is 2.21 bits per heavy atom. The molecule has 1 saturated heterocycles. The van der Waals surface area contributed by atoms with Gasteiger partial charge in [0.1, 0.15) is 0 Å². The van der Waals surface area contributed by atoms with E-state index in [0.717, 1.165) is 36.8 Å². The van der Waals surface area contributed by atoms with Crippen molar-refractivity contribution in [1.29, 1.82) is 0 Å². The SMILES string of the molecule is CC(=O)c1ccc(C(=O)c2ccc3c(c2)c(C2CCN(C)CC2)cn3N)cc1. The summed E-state index contributed by atoms with van der Waals surface area (Å²) in [4.78, 5) is 26.8. The third-order valence-electron chi connectivity index (χ3n) is 5.84. The van der Waals surface area contributed by atoms with Gasteiger partial charge >= 0.3 is 0 Å². The van der Waals surface area contributed by atoms with Crippen molar-refractivity contribution in [2.75, 3.05) is 26.0 Å². The highest BCUT2D eigenvalue weighted by Gasteiger charge is 2.23. The summed E-state index contributed by atoms with van der Waals surface area (Å²) in [6.07, 6.45) is 4.21. The predicted octanol–water partition coefficient (Wildman–Crippen LogP) is 3.60. The predicted molar refractivity (Wildman–Crippen MR) is 111 cm³/mol. The lowest BCUT2D eigenvalue weighted by Gasteiger charge is -2.28. The van der Waals surface area contributed by atoms with Crippen LogP contribution >= 0.6 is 0 Å². The van der Waals surface area contributed by atoms with Crippen molar-refractivity contribution in [2.45, 2.75) is 25.7 Å². The number of piperidine rings is 1. The standard InChI is InChI=1S/C23H25N3O2/c1-15(27)16-3-5-18(6-4-16)23(28)19-7-8-22-20(13-19)21(14-26(22)24)17-9-11-25(2)12-10-17/h3-8,13-14,17H,9-12,24H2,1-2H3. The Morgan fingerprint density at radius 1 is 0.964 bits per heavy atom. The van der Waals surface area contributed by atoms with Gasteiger partial charge < -0.3 is 10.7 Å². The second-order valence-corrected chi connectivity index (χ2v) is 7.76. The van der Waals surface area contributed by atoms with Crippen LogP contribution in [-0.2, 0) is 0 Å². The summed E-state index contributed by atoms with van der Waals surface area (Å²) in [5, 5.41) is 1.06. The lowest BCUT2D eigenvalue weighted by molar-refractivity contribution is 0.101. The van der Waals surface area contributed by atoms with E-state index in [1.165, 1.54) is 12.5 Å². The number of carbonyl (C=O) groups excluding carboxylic acids is 2. The van der Waals surface area contributed by atoms with Gasteiger partial charge in [-0.2, -0.15) is 0 Å². The molecule has 5 nitrogen and oxygen atoms in total. The smallest absolute Gasteiger partial charge is 0.193 e. The summed E-state index contributed by atoms with van der Waals surface area (Å²) in [6, 6.07) is 12.6. The van der Waals surface area contributed by atoms with Crippen LogP contribution in [0.3, 0.4) is 0 Å². The summed E-state index contributed by atoms with van der Waals surface area (Å²) in [5.74, 6) is 6.59. The molecule has 0 radical (unpaired) electrons. The zero-order valence-corrected chi connectivity index (χ0v) is 16.3. The Labute approximate surface area is 164 Å². The first-order chi connectivity index (χ1) is 13.4. The van der Waals surface area contributed by atoms with Crippen LogP contribution in [0.25, 0.3) is 10.9 Å². The Balaban J connectivity index is 1.69. The molecule has 1 aliphatic heterocycles. The highest BCUT2D eigenvalue weighted by molar-refractivity contribution is 6.11. The third-order valence-corrected chi connectivity index (χ3v) is 5.84. The Hall–Kier alpha value is -2.92. The van der Waals surface area contributed by atoms with Gasteiger partial charge in [-0.3, -0.25) is 14.3 Å². The molecule has 2 N–H and O–H groups in total. The van der Waals surface area contributed by atoms with Gasteiger partial charge in [0, 0.05) is 28.3 Å².